The van der Waals surface area contributed by atoms with Crippen molar-refractivity contribution in [2.75, 3.05) is 14.2 Å². The maximum atomic E-state index is 10.7. The Balaban J connectivity index is 0.000000324. The summed E-state index contributed by atoms with van der Waals surface area (Å²) in [5.41, 5.74) is 10.9. The average Bonchev–Trinajstić information content (AvgIpc) is 3.39. The number of alkyl halides is 3. The van der Waals surface area contributed by atoms with Gasteiger partial charge in [0.05, 0.1) is 5.69 Å². The summed E-state index contributed by atoms with van der Waals surface area (Å²) in [5.74, 6) is 0. The average molecular weight is 1330 g/mol. The molecular formula is C57H51F3Ir2N3O5S-3. The van der Waals surface area contributed by atoms with Crippen molar-refractivity contribution in [3.05, 3.63) is 235 Å². The van der Waals surface area contributed by atoms with Gasteiger partial charge in [-0.3, -0.25) is 4.98 Å². The summed E-state index contributed by atoms with van der Waals surface area (Å²) in [7, 11) is -4.09. The molecule has 0 spiro atoms. The summed E-state index contributed by atoms with van der Waals surface area (Å²) in [6.07, 6.45) is 0. The van der Waals surface area contributed by atoms with Crippen molar-refractivity contribution in [2.45, 2.75) is 26.3 Å². The first-order chi connectivity index (χ1) is 33.3. The SMILES string of the molecule is CO.CO.Cc1nc(-c2[c-]cccc2)ccc1-c1ccccc1.Cc1nc(-c2[c-]cccc2)ccc1-c1ccccc1.Cc1nc(-c2ccccc2)ccc1-c1ccccc1.O=S(=O)([O-])C(F)(F)F.[Ir].[Ir]. The number of benzene rings is 6. The van der Waals surface area contributed by atoms with Gasteiger partial charge in [-0.2, -0.15) is 13.2 Å². The third-order valence-electron chi connectivity index (χ3n) is 9.83. The second kappa shape index (κ2) is 31.1. The van der Waals surface area contributed by atoms with E-state index in [9.17, 15) is 13.2 Å². The first-order valence-corrected chi connectivity index (χ1v) is 22.7. The van der Waals surface area contributed by atoms with Gasteiger partial charge in [0.15, 0.2) is 10.1 Å². The largest absolute Gasteiger partial charge is 0.741 e. The second-order valence-corrected chi connectivity index (χ2v) is 15.8. The molecule has 0 amide bonds. The van der Waals surface area contributed by atoms with Crippen LogP contribution in [-0.2, 0) is 50.3 Å². The van der Waals surface area contributed by atoms with E-state index in [2.05, 4.69) is 140 Å². The fourth-order valence-electron chi connectivity index (χ4n) is 6.63. The summed E-state index contributed by atoms with van der Waals surface area (Å²) < 4.78 is 58.9. The minimum Gasteiger partial charge on any atom is -0.741 e. The molecule has 2 radical (unpaired) electrons. The number of pyridine rings is 3. The van der Waals surface area contributed by atoms with Crippen LogP contribution in [0.15, 0.2) is 206 Å². The van der Waals surface area contributed by atoms with Gasteiger partial charge >= 0.3 is 5.51 Å². The Morgan fingerprint density at radius 3 is 0.915 bits per heavy atom. The molecule has 2 N–H and O–H groups in total. The molecule has 0 saturated heterocycles. The third kappa shape index (κ3) is 18.8. The molecule has 372 valence electrons. The molecule has 9 aromatic rings. The van der Waals surface area contributed by atoms with Crippen molar-refractivity contribution < 1.29 is 76.6 Å². The Morgan fingerprint density at radius 2 is 0.662 bits per heavy atom. The van der Waals surface area contributed by atoms with Gasteiger partial charge in [-0.15, -0.1) is 71.8 Å². The number of nitrogens with zero attached hydrogens (tertiary/aromatic N) is 3. The predicted octanol–water partition coefficient (Wildman–Crippen LogP) is 13.0. The Labute approximate surface area is 441 Å². The first kappa shape index (κ1) is 60.8. The second-order valence-electron chi connectivity index (χ2n) is 14.4. The van der Waals surface area contributed by atoms with E-state index in [1.807, 2.05) is 109 Å². The molecule has 0 fully saturated rings. The molecule has 0 aliphatic rings. The number of aromatic nitrogens is 3. The Morgan fingerprint density at radius 1 is 0.408 bits per heavy atom. The number of rotatable bonds is 6. The standard InChI is InChI=1S/C18H15N.2C18H14N.CHF3O3S.2CH4O.2Ir/c3*1-14-17(15-8-4-2-5-9-15)12-13-18(19-14)16-10-6-3-7-11-16;2-1(3,4)8(5,6)7;2*1-2;;/h2-13H,1H3;2*2-10,12-13H,1H3;(H,5,6,7);2*2H,1H3;;/q;2*-1;;;;;/p-1. The Hall–Kier alpha value is -6.31. The molecule has 0 aliphatic carbocycles. The first-order valence-electron chi connectivity index (χ1n) is 21.3. The van der Waals surface area contributed by atoms with E-state index in [-0.39, 0.29) is 40.2 Å². The molecule has 14 heteroatoms. The Bertz CT molecular complexity index is 2720. The minimum atomic E-state index is -6.09. The molecule has 9 rings (SSSR count). The van der Waals surface area contributed by atoms with Crippen molar-refractivity contribution in [3.63, 3.8) is 0 Å². The van der Waals surface area contributed by atoms with Crippen LogP contribution in [0.3, 0.4) is 0 Å². The molecule has 0 atom stereocenters. The maximum Gasteiger partial charge on any atom is 0.485 e. The molecule has 71 heavy (non-hydrogen) atoms. The summed E-state index contributed by atoms with van der Waals surface area (Å²) in [6.45, 7) is 6.16. The molecule has 0 bridgehead atoms. The number of halogens is 3. The van der Waals surface area contributed by atoms with Crippen LogP contribution < -0.4 is 0 Å². The summed E-state index contributed by atoms with van der Waals surface area (Å²) in [6, 6.07) is 76.2. The number of hydrogen-bond donors (Lipinski definition) is 2. The van der Waals surface area contributed by atoms with Crippen LogP contribution in [0.4, 0.5) is 13.2 Å². The van der Waals surface area contributed by atoms with Gasteiger partial charge in [-0.1, -0.05) is 152 Å². The number of aryl methyl sites for hydroxylation is 3. The molecule has 6 aromatic carbocycles. The monoisotopic (exact) mass is 1330 g/mol. The minimum absolute atomic E-state index is 0. The van der Waals surface area contributed by atoms with E-state index in [1.54, 1.807) is 0 Å². The van der Waals surface area contributed by atoms with Gasteiger partial charge in [0, 0.05) is 93.8 Å². The number of hydrogen-bond acceptors (Lipinski definition) is 8. The van der Waals surface area contributed by atoms with Crippen molar-refractivity contribution in [1.29, 1.82) is 0 Å². The summed E-state index contributed by atoms with van der Waals surface area (Å²) in [4.78, 5) is 14.1. The fourth-order valence-corrected chi connectivity index (χ4v) is 6.63. The molecule has 3 aromatic heterocycles. The van der Waals surface area contributed by atoms with E-state index < -0.39 is 15.6 Å². The zero-order valence-corrected chi connectivity index (χ0v) is 44.9. The molecule has 0 unspecified atom stereocenters. The molecule has 0 aliphatic heterocycles. The van der Waals surface area contributed by atoms with Crippen LogP contribution >= 0.6 is 0 Å². The van der Waals surface area contributed by atoms with Crippen molar-refractivity contribution in [1.82, 2.24) is 15.0 Å². The van der Waals surface area contributed by atoms with Crippen LogP contribution in [0.1, 0.15) is 17.1 Å². The molecule has 0 saturated carbocycles. The molecular weight excluding hydrogens is 1280 g/mol. The van der Waals surface area contributed by atoms with Gasteiger partial charge in [-0.25, -0.2) is 8.42 Å². The molecule has 8 nitrogen and oxygen atoms in total. The van der Waals surface area contributed by atoms with Gasteiger partial charge < -0.3 is 24.7 Å². The topological polar surface area (TPSA) is 136 Å². The van der Waals surface area contributed by atoms with Gasteiger partial charge in [-0.05, 0) is 54.9 Å². The number of aliphatic hydroxyl groups excluding tert-OH is 2. The van der Waals surface area contributed by atoms with Crippen LogP contribution in [0.2, 0.25) is 0 Å². The maximum absolute atomic E-state index is 10.7. The van der Waals surface area contributed by atoms with E-state index >= 15 is 0 Å². The molecule has 3 heterocycles. The third-order valence-corrected chi connectivity index (χ3v) is 10.4. The van der Waals surface area contributed by atoms with E-state index in [0.29, 0.717) is 0 Å². The normalized spacial score (nSPS) is 10.1. The van der Waals surface area contributed by atoms with Crippen LogP contribution in [0.25, 0.3) is 67.2 Å². The van der Waals surface area contributed by atoms with Crippen LogP contribution in [0.5, 0.6) is 0 Å². The zero-order chi connectivity index (χ0) is 50.2. The van der Waals surface area contributed by atoms with Gasteiger partial charge in [0.2, 0.25) is 0 Å². The van der Waals surface area contributed by atoms with Gasteiger partial charge in [0.25, 0.3) is 0 Å². The van der Waals surface area contributed by atoms with E-state index in [4.69, 9.17) is 28.2 Å². The summed E-state index contributed by atoms with van der Waals surface area (Å²) >= 11 is 0. The fraction of sp³-hybridized carbons (Fsp3) is 0.105. The smallest absolute Gasteiger partial charge is 0.485 e. The summed E-state index contributed by atoms with van der Waals surface area (Å²) in [5, 5.41) is 14.0. The van der Waals surface area contributed by atoms with Crippen molar-refractivity contribution in [2.24, 2.45) is 0 Å². The zero-order valence-electron chi connectivity index (χ0n) is 39.3. The number of aliphatic hydroxyl groups is 2. The van der Waals surface area contributed by atoms with E-state index in [0.717, 1.165) is 65.1 Å². The van der Waals surface area contributed by atoms with Crippen LogP contribution in [-0.4, -0.2) is 57.9 Å². The quantitative estimate of drug-likeness (QED) is 0.0954. The van der Waals surface area contributed by atoms with Crippen molar-refractivity contribution in [3.8, 4) is 67.2 Å². The van der Waals surface area contributed by atoms with E-state index in [1.165, 1.54) is 33.4 Å². The predicted molar refractivity (Wildman–Crippen MR) is 269 cm³/mol. The van der Waals surface area contributed by atoms with Crippen LogP contribution in [0, 0.1) is 32.9 Å². The Kier molecular flexibility index (Phi) is 26.6. The van der Waals surface area contributed by atoms with Crippen molar-refractivity contribution >= 4 is 10.1 Å². The van der Waals surface area contributed by atoms with Gasteiger partial charge in [0.1, 0.15) is 0 Å².